The van der Waals surface area contributed by atoms with Crippen LogP contribution in [0.15, 0.2) is 12.7 Å². The Morgan fingerprint density at radius 1 is 1.03 bits per heavy atom. The van der Waals surface area contributed by atoms with Gasteiger partial charge in [-0.05, 0) is 0 Å². The minimum absolute atomic E-state index is 0. The first-order chi connectivity index (χ1) is 14.2. The average molecular weight is 571 g/mol. The number of nitrogen functional groups attached to an aromatic ring is 1. The molecule has 1 aliphatic rings. The number of aromatic nitrogens is 4. The van der Waals surface area contributed by atoms with Crippen molar-refractivity contribution in [3.05, 3.63) is 12.7 Å². The van der Waals surface area contributed by atoms with Crippen LogP contribution in [-0.4, -0.2) is 155 Å². The second-order valence-corrected chi connectivity index (χ2v) is 10.4. The van der Waals surface area contributed by atoms with Crippen molar-refractivity contribution in [3.8, 4) is 0 Å². The fourth-order valence-corrected chi connectivity index (χ4v) is 5.65. The Morgan fingerprint density at radius 2 is 1.67 bits per heavy atom. The molecule has 18 nitrogen and oxygen atoms in total. The van der Waals surface area contributed by atoms with E-state index in [2.05, 4.69) is 28.1 Å². The van der Waals surface area contributed by atoms with E-state index in [0.29, 0.717) is 0 Å². The number of nitrogens with two attached hydrogens (primary N) is 1. The summed E-state index contributed by atoms with van der Waals surface area (Å²) in [5, 5.41) is 20.4. The number of aliphatic hydroxyl groups is 2. The van der Waals surface area contributed by atoms with Gasteiger partial charge in [-0.25, -0.2) is 28.6 Å². The van der Waals surface area contributed by atoms with Gasteiger partial charge in [-0.15, -0.1) is 0 Å². The third-order valence-electron chi connectivity index (χ3n) is 3.82. The van der Waals surface area contributed by atoms with Crippen LogP contribution in [0, 0.1) is 0 Å². The standard InChI is InChI=1S/C10H16N5O13P3.K.Na.2H/c11-8-5-9(13-2-12-8)15(3-14-5)10-7(17)6(16)4(26-10)1-25-30(21,22)28-31(23,24)27-29(18,19)20;;;;/h2-4,6-7,10,16-17H,1H2,(H,21,22)(H,23,24)(H2,11,12,13)(H2,18,19,20);;;;/t4-,6-,7-,10-;;;;/m1..../s1. The molecule has 0 amide bonds. The second kappa shape index (κ2) is 12.2. The van der Waals surface area contributed by atoms with Crippen LogP contribution in [0.2, 0.25) is 0 Å². The van der Waals surface area contributed by atoms with Gasteiger partial charge in [0.2, 0.25) is 0 Å². The monoisotopic (exact) mass is 571 g/mol. The van der Waals surface area contributed by atoms with E-state index in [4.69, 9.17) is 25.2 Å². The molecule has 1 fully saturated rings. The van der Waals surface area contributed by atoms with Gasteiger partial charge in [-0.1, -0.05) is 0 Å². The third-order valence-corrected chi connectivity index (χ3v) is 7.62. The van der Waals surface area contributed by atoms with E-state index in [1.807, 2.05) is 0 Å². The average Bonchev–Trinajstić information content (AvgIpc) is 3.13. The number of phosphoric acid groups is 3. The van der Waals surface area contributed by atoms with Gasteiger partial charge in [-0.3, -0.25) is 9.09 Å². The van der Waals surface area contributed by atoms with E-state index in [1.165, 1.54) is 10.9 Å². The molecule has 3 rings (SSSR count). The Kier molecular flexibility index (Phi) is 12.0. The Morgan fingerprint density at radius 3 is 2.27 bits per heavy atom. The fraction of sp³-hybridized carbons (Fsp3) is 0.500. The fourth-order valence-electron chi connectivity index (χ4n) is 2.62. The summed E-state index contributed by atoms with van der Waals surface area (Å²) in [6.45, 7) is -0.956. The van der Waals surface area contributed by atoms with E-state index in [9.17, 15) is 28.8 Å². The maximum atomic E-state index is 11.8. The maximum absolute atomic E-state index is 11.8. The summed E-state index contributed by atoms with van der Waals surface area (Å²) in [6, 6.07) is 0. The first-order valence-electron chi connectivity index (χ1n) is 7.92. The van der Waals surface area contributed by atoms with Crippen molar-refractivity contribution < 1.29 is 61.4 Å². The number of ether oxygens (including phenoxy) is 1. The van der Waals surface area contributed by atoms with Gasteiger partial charge < -0.3 is 40.3 Å². The molecule has 23 heteroatoms. The molecule has 6 atom stereocenters. The van der Waals surface area contributed by atoms with Gasteiger partial charge in [0.1, 0.15) is 30.2 Å². The first-order valence-corrected chi connectivity index (χ1v) is 12.4. The third kappa shape index (κ3) is 8.39. The predicted molar refractivity (Wildman–Crippen MR) is 110 cm³/mol. The van der Waals surface area contributed by atoms with Gasteiger partial charge in [0.15, 0.2) is 17.7 Å². The van der Waals surface area contributed by atoms with Gasteiger partial charge in [0.25, 0.3) is 0 Å². The summed E-state index contributed by atoms with van der Waals surface area (Å²) >= 11 is 0. The molecule has 33 heavy (non-hydrogen) atoms. The summed E-state index contributed by atoms with van der Waals surface area (Å²) in [4.78, 5) is 47.2. The zero-order chi connectivity index (χ0) is 23.2. The van der Waals surface area contributed by atoms with Crippen LogP contribution in [-0.2, 0) is 31.6 Å². The topological polar surface area (TPSA) is 279 Å². The second-order valence-electron chi connectivity index (χ2n) is 6.02. The molecular weight excluding hydrogens is 553 g/mol. The van der Waals surface area contributed by atoms with E-state index >= 15 is 0 Å². The SMILES string of the molecule is Nc1ncnc2c1ncn2[C@@H]1O[C@H](COP(=O)(O)OP(=O)(O)OP(=O)(O)O)[C@@H](O)[C@H]1O.[KH].[NaH]. The molecule has 8 N–H and O–H groups in total. The molecule has 0 aromatic carbocycles. The van der Waals surface area contributed by atoms with Crippen molar-refractivity contribution >= 4 is 121 Å². The Balaban J connectivity index is 0.00000272. The van der Waals surface area contributed by atoms with Crippen LogP contribution in [0.25, 0.3) is 11.2 Å². The normalized spacial score (nSPS) is 26.7. The summed E-state index contributed by atoms with van der Waals surface area (Å²) in [6.07, 6.45) is -3.69. The van der Waals surface area contributed by atoms with Crippen molar-refractivity contribution in [2.45, 2.75) is 24.5 Å². The zero-order valence-electron chi connectivity index (χ0n) is 14.9. The molecule has 2 unspecified atom stereocenters. The van der Waals surface area contributed by atoms with Crippen molar-refractivity contribution in [2.24, 2.45) is 0 Å². The van der Waals surface area contributed by atoms with Gasteiger partial charge in [0.05, 0.1) is 12.9 Å². The molecule has 2 aromatic rings. The van der Waals surface area contributed by atoms with Crippen LogP contribution in [0.1, 0.15) is 6.23 Å². The van der Waals surface area contributed by atoms with E-state index in [0.717, 1.165) is 6.33 Å². The van der Waals surface area contributed by atoms with Gasteiger partial charge in [-0.2, -0.15) is 8.62 Å². The number of rotatable bonds is 8. The zero-order valence-corrected chi connectivity index (χ0v) is 17.6. The van der Waals surface area contributed by atoms with Crippen molar-refractivity contribution in [3.63, 3.8) is 0 Å². The molecule has 3 heterocycles. The number of phosphoric ester groups is 1. The number of hydrogen-bond donors (Lipinski definition) is 7. The number of nitrogens with zero attached hydrogens (tertiary/aromatic N) is 4. The first kappa shape index (κ1) is 32.3. The molecule has 0 saturated carbocycles. The van der Waals surface area contributed by atoms with E-state index in [-0.39, 0.29) is 97.9 Å². The predicted octanol–water partition coefficient (Wildman–Crippen LogP) is -2.93. The summed E-state index contributed by atoms with van der Waals surface area (Å²) in [5.74, 6) is 0.0426. The van der Waals surface area contributed by atoms with Crippen molar-refractivity contribution in [1.29, 1.82) is 0 Å². The molecule has 178 valence electrons. The molecule has 0 radical (unpaired) electrons. The van der Waals surface area contributed by atoms with Crippen LogP contribution in [0.3, 0.4) is 0 Å². The molecule has 0 bridgehead atoms. The molecule has 1 saturated heterocycles. The molecule has 0 spiro atoms. The van der Waals surface area contributed by atoms with Crippen molar-refractivity contribution in [1.82, 2.24) is 19.5 Å². The minimum atomic E-state index is -5.70. The molecular formula is C10H18KN5NaO13P3. The number of fused-ring (bicyclic) bond motifs is 1. The quantitative estimate of drug-likeness (QED) is 0.123. The van der Waals surface area contributed by atoms with Gasteiger partial charge >= 0.3 is 104 Å². The number of hydrogen-bond acceptors (Lipinski definition) is 13. The number of aliphatic hydroxyl groups excluding tert-OH is 2. The Labute approximate surface area is 249 Å². The molecule has 1 aliphatic heterocycles. The molecule has 2 aromatic heterocycles. The van der Waals surface area contributed by atoms with Crippen LogP contribution < -0.4 is 5.73 Å². The number of imidazole rings is 1. The Bertz CT molecular complexity index is 1120. The van der Waals surface area contributed by atoms with Gasteiger partial charge in [0, 0.05) is 0 Å². The summed E-state index contributed by atoms with van der Waals surface area (Å²) < 4.78 is 51.9. The van der Waals surface area contributed by atoms with Crippen LogP contribution in [0.5, 0.6) is 0 Å². The summed E-state index contributed by atoms with van der Waals surface area (Å²) in [5.41, 5.74) is 6.00. The van der Waals surface area contributed by atoms with E-state index in [1.54, 1.807) is 0 Å². The van der Waals surface area contributed by atoms with Crippen LogP contribution in [0.4, 0.5) is 5.82 Å². The molecule has 0 aliphatic carbocycles. The summed E-state index contributed by atoms with van der Waals surface area (Å²) in [7, 11) is -16.7. The van der Waals surface area contributed by atoms with E-state index < -0.39 is 54.6 Å². The number of anilines is 1. The van der Waals surface area contributed by atoms with Crippen LogP contribution >= 0.6 is 23.5 Å². The van der Waals surface area contributed by atoms with Crippen molar-refractivity contribution in [2.75, 3.05) is 12.3 Å². The Hall–Kier alpha value is 1.28.